The largest absolute Gasteiger partial charge is 0.454 e. The SMILES string of the molecule is C[C@H](Nc1ccc(C(F)(F)F)cc1[N+](=O)[O-])C(=O)OCC(=O)N1CCCCC1. The first-order valence-electron chi connectivity index (χ1n) is 8.66. The first-order chi connectivity index (χ1) is 13.1. The predicted molar refractivity (Wildman–Crippen MR) is 92.6 cm³/mol. The van der Waals surface area contributed by atoms with E-state index in [1.54, 1.807) is 4.90 Å². The molecule has 8 nitrogen and oxygen atoms in total. The van der Waals surface area contributed by atoms with Gasteiger partial charge in [0.15, 0.2) is 6.61 Å². The zero-order chi connectivity index (χ0) is 20.9. The van der Waals surface area contributed by atoms with Gasteiger partial charge in [-0.05, 0) is 38.3 Å². The second-order valence-electron chi connectivity index (χ2n) is 6.40. The topological polar surface area (TPSA) is 102 Å². The maximum Gasteiger partial charge on any atom is 0.416 e. The number of halogens is 3. The number of carbonyl (C=O) groups is 2. The van der Waals surface area contributed by atoms with E-state index >= 15 is 0 Å². The van der Waals surface area contributed by atoms with Crippen molar-refractivity contribution in [2.45, 2.75) is 38.4 Å². The third-order valence-electron chi connectivity index (χ3n) is 4.29. The second-order valence-corrected chi connectivity index (χ2v) is 6.40. The lowest BCUT2D eigenvalue weighted by molar-refractivity contribution is -0.384. The van der Waals surface area contributed by atoms with Crippen LogP contribution < -0.4 is 5.32 Å². The Morgan fingerprint density at radius 3 is 2.50 bits per heavy atom. The van der Waals surface area contributed by atoms with Gasteiger partial charge < -0.3 is 15.0 Å². The lowest BCUT2D eigenvalue weighted by Gasteiger charge is -2.26. The van der Waals surface area contributed by atoms with Crippen LogP contribution in [0.15, 0.2) is 18.2 Å². The first kappa shape index (κ1) is 21.5. The highest BCUT2D eigenvalue weighted by Crippen LogP contribution is 2.35. The van der Waals surface area contributed by atoms with Crippen LogP contribution in [0.4, 0.5) is 24.5 Å². The Bertz CT molecular complexity index is 748. The van der Waals surface area contributed by atoms with Crippen LogP contribution in [0.3, 0.4) is 0 Å². The molecule has 1 aromatic carbocycles. The number of amides is 1. The lowest BCUT2D eigenvalue weighted by atomic mass is 10.1. The number of rotatable bonds is 6. The molecule has 1 aliphatic heterocycles. The highest BCUT2D eigenvalue weighted by molar-refractivity contribution is 5.84. The molecule has 11 heteroatoms. The molecule has 0 spiro atoms. The van der Waals surface area contributed by atoms with E-state index in [0.29, 0.717) is 25.2 Å². The number of carbonyl (C=O) groups excluding carboxylic acids is 2. The minimum atomic E-state index is -4.73. The summed E-state index contributed by atoms with van der Waals surface area (Å²) in [5.41, 5.74) is -2.25. The monoisotopic (exact) mass is 403 g/mol. The van der Waals surface area contributed by atoms with E-state index in [4.69, 9.17) is 4.74 Å². The summed E-state index contributed by atoms with van der Waals surface area (Å²) < 4.78 is 43.1. The maximum absolute atomic E-state index is 12.7. The maximum atomic E-state index is 12.7. The minimum Gasteiger partial charge on any atom is -0.454 e. The molecular formula is C17H20F3N3O5. The Morgan fingerprint density at radius 2 is 1.93 bits per heavy atom. The number of piperidine rings is 1. The number of nitrogens with zero attached hydrogens (tertiary/aromatic N) is 2. The van der Waals surface area contributed by atoms with Gasteiger partial charge in [-0.1, -0.05) is 0 Å². The van der Waals surface area contributed by atoms with Crippen LogP contribution in [-0.4, -0.2) is 47.4 Å². The summed E-state index contributed by atoms with van der Waals surface area (Å²) in [5, 5.41) is 13.5. The number of nitro groups is 1. The van der Waals surface area contributed by atoms with Gasteiger partial charge in [0, 0.05) is 19.2 Å². The molecule has 1 saturated heterocycles. The molecule has 2 rings (SSSR count). The first-order valence-corrected chi connectivity index (χ1v) is 8.66. The Morgan fingerprint density at radius 1 is 1.29 bits per heavy atom. The van der Waals surface area contributed by atoms with Gasteiger partial charge in [-0.25, -0.2) is 4.79 Å². The van der Waals surface area contributed by atoms with E-state index in [1.807, 2.05) is 0 Å². The van der Waals surface area contributed by atoms with Crippen molar-refractivity contribution in [3.8, 4) is 0 Å². The van der Waals surface area contributed by atoms with Gasteiger partial charge >= 0.3 is 12.1 Å². The van der Waals surface area contributed by atoms with E-state index in [9.17, 15) is 32.9 Å². The highest BCUT2D eigenvalue weighted by atomic mass is 19.4. The quantitative estimate of drug-likeness (QED) is 0.445. The normalized spacial score (nSPS) is 15.6. The fourth-order valence-corrected chi connectivity index (χ4v) is 2.77. The Labute approximate surface area is 158 Å². The molecular weight excluding hydrogens is 383 g/mol. The molecule has 1 aromatic rings. The van der Waals surface area contributed by atoms with Crippen LogP contribution in [0.2, 0.25) is 0 Å². The molecule has 0 saturated carbocycles. The summed E-state index contributed by atoms with van der Waals surface area (Å²) in [7, 11) is 0. The van der Waals surface area contributed by atoms with Gasteiger partial charge in [-0.2, -0.15) is 13.2 Å². The average molecular weight is 403 g/mol. The number of likely N-dealkylation sites (tertiary alicyclic amines) is 1. The molecule has 1 amide bonds. The van der Waals surface area contributed by atoms with Crippen molar-refractivity contribution >= 4 is 23.3 Å². The number of nitro benzene ring substituents is 1. The molecule has 1 heterocycles. The zero-order valence-corrected chi connectivity index (χ0v) is 15.1. The van der Waals surface area contributed by atoms with Gasteiger partial charge in [-0.15, -0.1) is 0 Å². The van der Waals surface area contributed by atoms with Gasteiger partial charge in [0.05, 0.1) is 10.5 Å². The summed E-state index contributed by atoms with van der Waals surface area (Å²) in [6.07, 6.45) is -1.93. The Kier molecular flexibility index (Phi) is 6.81. The Balaban J connectivity index is 1.99. The fourth-order valence-electron chi connectivity index (χ4n) is 2.77. The molecule has 1 N–H and O–H groups in total. The third kappa shape index (κ3) is 5.57. The molecule has 0 radical (unpaired) electrons. The summed E-state index contributed by atoms with van der Waals surface area (Å²) in [6.45, 7) is 2.07. The average Bonchev–Trinajstić information content (AvgIpc) is 2.65. The molecule has 28 heavy (non-hydrogen) atoms. The minimum absolute atomic E-state index is 0.259. The van der Waals surface area contributed by atoms with Gasteiger partial charge in [0.1, 0.15) is 11.7 Å². The van der Waals surface area contributed by atoms with E-state index in [1.165, 1.54) is 6.92 Å². The molecule has 154 valence electrons. The standard InChI is InChI=1S/C17H20F3N3O5/c1-11(16(25)28-10-15(24)22-7-3-2-4-8-22)21-13-6-5-12(17(18,19)20)9-14(13)23(26)27/h5-6,9,11,21H,2-4,7-8,10H2,1H3/t11-/m0/s1. The summed E-state index contributed by atoms with van der Waals surface area (Å²) in [6, 6.07) is 0.835. The van der Waals surface area contributed by atoms with Crippen LogP contribution in [-0.2, 0) is 20.5 Å². The summed E-state index contributed by atoms with van der Waals surface area (Å²) in [4.78, 5) is 35.7. The number of nitrogens with one attached hydrogen (secondary N) is 1. The van der Waals surface area contributed by atoms with Crippen molar-refractivity contribution in [2.24, 2.45) is 0 Å². The Hall–Kier alpha value is -2.85. The molecule has 0 unspecified atom stereocenters. The molecule has 1 fully saturated rings. The molecule has 0 aliphatic carbocycles. The highest BCUT2D eigenvalue weighted by Gasteiger charge is 2.33. The number of alkyl halides is 3. The number of esters is 1. The van der Waals surface area contributed by atoms with E-state index in [2.05, 4.69) is 5.32 Å². The second kappa shape index (κ2) is 8.89. The van der Waals surface area contributed by atoms with E-state index < -0.39 is 41.0 Å². The predicted octanol–water partition coefficient (Wildman–Crippen LogP) is 2.97. The number of ether oxygens (including phenoxy) is 1. The van der Waals surface area contributed by atoms with Crippen LogP contribution in [0.5, 0.6) is 0 Å². The lowest BCUT2D eigenvalue weighted by Crippen LogP contribution is -2.39. The molecule has 1 atom stereocenters. The number of hydrogen-bond acceptors (Lipinski definition) is 6. The summed E-state index contributed by atoms with van der Waals surface area (Å²) in [5.74, 6) is -1.18. The van der Waals surface area contributed by atoms with Crippen molar-refractivity contribution in [1.82, 2.24) is 4.90 Å². The number of hydrogen-bond donors (Lipinski definition) is 1. The van der Waals surface area contributed by atoms with Crippen molar-refractivity contribution in [3.05, 3.63) is 33.9 Å². The summed E-state index contributed by atoms with van der Waals surface area (Å²) >= 11 is 0. The number of anilines is 1. The van der Waals surface area contributed by atoms with Crippen molar-refractivity contribution in [2.75, 3.05) is 25.0 Å². The van der Waals surface area contributed by atoms with Crippen LogP contribution in [0, 0.1) is 10.1 Å². The molecule has 1 aliphatic rings. The van der Waals surface area contributed by atoms with Crippen LogP contribution in [0.1, 0.15) is 31.7 Å². The third-order valence-corrected chi connectivity index (χ3v) is 4.29. The molecule has 0 aromatic heterocycles. The molecule has 0 bridgehead atoms. The van der Waals surface area contributed by atoms with Crippen molar-refractivity contribution < 1.29 is 32.4 Å². The van der Waals surface area contributed by atoms with Gasteiger partial charge in [-0.3, -0.25) is 14.9 Å². The van der Waals surface area contributed by atoms with E-state index in [0.717, 1.165) is 25.3 Å². The van der Waals surface area contributed by atoms with Gasteiger partial charge in [0.2, 0.25) is 0 Å². The van der Waals surface area contributed by atoms with E-state index in [-0.39, 0.29) is 11.6 Å². The number of benzene rings is 1. The zero-order valence-electron chi connectivity index (χ0n) is 15.1. The van der Waals surface area contributed by atoms with Crippen LogP contribution in [0.25, 0.3) is 0 Å². The van der Waals surface area contributed by atoms with Gasteiger partial charge in [0.25, 0.3) is 11.6 Å². The smallest absolute Gasteiger partial charge is 0.416 e. The van der Waals surface area contributed by atoms with Crippen molar-refractivity contribution in [3.63, 3.8) is 0 Å². The van der Waals surface area contributed by atoms with Crippen molar-refractivity contribution in [1.29, 1.82) is 0 Å². The van der Waals surface area contributed by atoms with Crippen LogP contribution >= 0.6 is 0 Å². The fraction of sp³-hybridized carbons (Fsp3) is 0.529.